The average Bonchev–Trinajstić information content (AvgIpc) is 2.94. The first kappa shape index (κ1) is 18.4. The van der Waals surface area contributed by atoms with Crippen molar-refractivity contribution >= 4 is 38.1 Å². The number of aryl methyl sites for hydroxylation is 1. The third kappa shape index (κ3) is 3.48. The number of aromatic nitrogens is 1. The van der Waals surface area contributed by atoms with Gasteiger partial charge in [-0.3, -0.25) is 9.52 Å². The van der Waals surface area contributed by atoms with E-state index in [0.29, 0.717) is 23.2 Å². The number of rotatable bonds is 3. The summed E-state index contributed by atoms with van der Waals surface area (Å²) in [5.74, 6) is 0.560. The molecule has 1 aromatic carbocycles. The van der Waals surface area contributed by atoms with Gasteiger partial charge in [-0.05, 0) is 48.9 Å². The quantitative estimate of drug-likeness (QED) is 0.815. The Kier molecular flexibility index (Phi) is 4.31. The van der Waals surface area contributed by atoms with E-state index in [2.05, 4.69) is 21.9 Å². The lowest BCUT2D eigenvalue weighted by molar-refractivity contribution is -0.117. The second-order valence-electron chi connectivity index (χ2n) is 8.16. The Labute approximate surface area is 163 Å². The number of thiazole rings is 1. The van der Waals surface area contributed by atoms with Crippen LogP contribution in [-0.4, -0.2) is 19.3 Å². The maximum atomic E-state index is 12.9. The minimum absolute atomic E-state index is 0.0520. The van der Waals surface area contributed by atoms with Crippen LogP contribution in [0.4, 0.5) is 10.8 Å². The van der Waals surface area contributed by atoms with Crippen LogP contribution in [0.1, 0.15) is 49.7 Å². The Morgan fingerprint density at radius 3 is 2.89 bits per heavy atom. The molecule has 1 aliphatic heterocycles. The van der Waals surface area contributed by atoms with Crippen molar-refractivity contribution < 1.29 is 13.2 Å². The van der Waals surface area contributed by atoms with Gasteiger partial charge < -0.3 is 5.32 Å². The molecule has 2 N–H and O–H groups in total. The van der Waals surface area contributed by atoms with E-state index >= 15 is 0 Å². The molecule has 2 aliphatic rings. The zero-order valence-corrected chi connectivity index (χ0v) is 17.3. The van der Waals surface area contributed by atoms with Gasteiger partial charge in [0.15, 0.2) is 5.13 Å². The number of nitrogens with zero attached hydrogens (tertiary/aromatic N) is 1. The summed E-state index contributed by atoms with van der Waals surface area (Å²) in [5.41, 5.74) is 2.11. The summed E-state index contributed by atoms with van der Waals surface area (Å²) in [7, 11) is -3.74. The van der Waals surface area contributed by atoms with Crippen LogP contribution in [0.15, 0.2) is 23.1 Å². The SMILES string of the molecule is CC1CCc2nc(NS(=O)(=O)c3ccc4c(c3)C(C)(C)CC(=O)N4)sc2C1. The molecule has 1 amide bonds. The maximum absolute atomic E-state index is 12.9. The van der Waals surface area contributed by atoms with Crippen LogP contribution in [0.5, 0.6) is 0 Å². The number of carbonyl (C=O) groups excluding carboxylic acids is 1. The third-order valence-electron chi connectivity index (χ3n) is 5.31. The van der Waals surface area contributed by atoms with Crippen LogP contribution in [0.25, 0.3) is 0 Å². The van der Waals surface area contributed by atoms with Crippen LogP contribution >= 0.6 is 11.3 Å². The molecule has 2 heterocycles. The molecule has 6 nitrogen and oxygen atoms in total. The molecule has 1 aliphatic carbocycles. The first-order valence-electron chi connectivity index (χ1n) is 9.10. The number of fused-ring (bicyclic) bond motifs is 2. The fourth-order valence-corrected chi connectivity index (χ4v) is 6.24. The molecule has 0 saturated carbocycles. The number of nitrogens with one attached hydrogen (secondary N) is 2. The van der Waals surface area contributed by atoms with Gasteiger partial charge in [0.2, 0.25) is 5.91 Å². The topological polar surface area (TPSA) is 88.2 Å². The highest BCUT2D eigenvalue weighted by Gasteiger charge is 2.33. The third-order valence-corrected chi connectivity index (χ3v) is 7.82. The molecule has 8 heteroatoms. The number of hydrogen-bond acceptors (Lipinski definition) is 5. The second kappa shape index (κ2) is 6.31. The number of anilines is 2. The molecular formula is C19H23N3O3S2. The predicted molar refractivity (Wildman–Crippen MR) is 107 cm³/mol. The van der Waals surface area contributed by atoms with Gasteiger partial charge in [-0.2, -0.15) is 0 Å². The van der Waals surface area contributed by atoms with Crippen LogP contribution < -0.4 is 10.0 Å². The molecule has 0 saturated heterocycles. The van der Waals surface area contributed by atoms with Crippen molar-refractivity contribution in [1.82, 2.24) is 4.98 Å². The van der Waals surface area contributed by atoms with Gasteiger partial charge in [0, 0.05) is 22.4 Å². The van der Waals surface area contributed by atoms with Gasteiger partial charge in [0.1, 0.15) is 0 Å². The van der Waals surface area contributed by atoms with Crippen molar-refractivity contribution in [3.05, 3.63) is 34.3 Å². The highest BCUT2D eigenvalue weighted by atomic mass is 32.2. The Hall–Kier alpha value is -1.93. The highest BCUT2D eigenvalue weighted by molar-refractivity contribution is 7.93. The van der Waals surface area contributed by atoms with Crippen LogP contribution in [0, 0.1) is 5.92 Å². The molecule has 1 unspecified atom stereocenters. The van der Waals surface area contributed by atoms with Crippen molar-refractivity contribution in [3.63, 3.8) is 0 Å². The zero-order valence-electron chi connectivity index (χ0n) is 15.6. The standard InChI is InChI=1S/C19H23N3O3S2/c1-11-4-6-15-16(8-11)26-18(21-15)22-27(24,25)12-5-7-14-13(9-12)19(2,3)10-17(23)20-14/h5,7,9,11H,4,6,8,10H2,1-3H3,(H,20,23)(H,21,22). The first-order valence-corrected chi connectivity index (χ1v) is 11.4. The zero-order chi connectivity index (χ0) is 19.4. The van der Waals surface area contributed by atoms with Crippen LogP contribution in [0.3, 0.4) is 0 Å². The average molecular weight is 406 g/mol. The van der Waals surface area contributed by atoms with Gasteiger partial charge in [0.05, 0.1) is 10.6 Å². The first-order chi connectivity index (χ1) is 12.6. The minimum Gasteiger partial charge on any atom is -0.326 e. The Bertz CT molecular complexity index is 1020. The molecule has 4 rings (SSSR count). The molecule has 1 atom stereocenters. The number of benzene rings is 1. The Morgan fingerprint density at radius 2 is 2.11 bits per heavy atom. The fourth-order valence-electron chi connectivity index (χ4n) is 3.81. The summed E-state index contributed by atoms with van der Waals surface area (Å²) in [6.45, 7) is 6.11. The van der Waals surface area contributed by atoms with E-state index in [1.165, 1.54) is 22.3 Å². The van der Waals surface area contributed by atoms with Crippen LogP contribution in [-0.2, 0) is 33.1 Å². The van der Waals surface area contributed by atoms with Gasteiger partial charge in [0.25, 0.3) is 10.0 Å². The van der Waals surface area contributed by atoms with Crippen molar-refractivity contribution in [2.24, 2.45) is 5.92 Å². The second-order valence-corrected chi connectivity index (χ2v) is 10.9. The molecule has 0 bridgehead atoms. The molecular weight excluding hydrogens is 382 g/mol. The van der Waals surface area contributed by atoms with Crippen molar-refractivity contribution in [1.29, 1.82) is 0 Å². The van der Waals surface area contributed by atoms with Crippen molar-refractivity contribution in [2.75, 3.05) is 10.0 Å². The number of hydrogen-bond donors (Lipinski definition) is 2. The number of amides is 1. The van der Waals surface area contributed by atoms with Crippen LogP contribution in [0.2, 0.25) is 0 Å². The van der Waals surface area contributed by atoms with Gasteiger partial charge in [-0.25, -0.2) is 13.4 Å². The van der Waals surface area contributed by atoms with Crippen molar-refractivity contribution in [2.45, 2.75) is 56.8 Å². The summed E-state index contributed by atoms with van der Waals surface area (Å²) in [6, 6.07) is 4.85. The minimum atomic E-state index is -3.74. The predicted octanol–water partition coefficient (Wildman–Crippen LogP) is 3.69. The number of sulfonamides is 1. The molecule has 27 heavy (non-hydrogen) atoms. The van der Waals surface area contributed by atoms with Gasteiger partial charge in [-0.1, -0.05) is 20.8 Å². The summed E-state index contributed by atoms with van der Waals surface area (Å²) >= 11 is 1.43. The molecule has 0 fully saturated rings. The Balaban J connectivity index is 1.64. The highest BCUT2D eigenvalue weighted by Crippen LogP contribution is 2.39. The summed E-state index contributed by atoms with van der Waals surface area (Å²) in [6.07, 6.45) is 3.28. The Morgan fingerprint density at radius 1 is 1.33 bits per heavy atom. The lowest BCUT2D eigenvalue weighted by atomic mass is 9.78. The van der Waals surface area contributed by atoms with Crippen molar-refractivity contribution in [3.8, 4) is 0 Å². The van der Waals surface area contributed by atoms with E-state index in [-0.39, 0.29) is 10.8 Å². The summed E-state index contributed by atoms with van der Waals surface area (Å²) in [5, 5.41) is 3.25. The monoisotopic (exact) mass is 405 g/mol. The molecule has 0 spiro atoms. The fraction of sp³-hybridized carbons (Fsp3) is 0.474. The summed E-state index contributed by atoms with van der Waals surface area (Å²) in [4.78, 5) is 17.7. The van der Waals surface area contributed by atoms with E-state index in [9.17, 15) is 13.2 Å². The van der Waals surface area contributed by atoms with E-state index < -0.39 is 15.4 Å². The lowest BCUT2D eigenvalue weighted by Gasteiger charge is -2.32. The molecule has 2 aromatic rings. The summed E-state index contributed by atoms with van der Waals surface area (Å²) < 4.78 is 28.5. The van der Waals surface area contributed by atoms with Gasteiger partial charge in [-0.15, -0.1) is 11.3 Å². The molecule has 0 radical (unpaired) electrons. The van der Waals surface area contributed by atoms with Gasteiger partial charge >= 0.3 is 0 Å². The lowest BCUT2D eigenvalue weighted by Crippen LogP contribution is -2.32. The maximum Gasteiger partial charge on any atom is 0.263 e. The number of carbonyl (C=O) groups is 1. The molecule has 1 aromatic heterocycles. The normalized spacial score (nSPS) is 21.1. The van der Waals surface area contributed by atoms with E-state index in [1.54, 1.807) is 12.1 Å². The largest absolute Gasteiger partial charge is 0.326 e. The molecule has 144 valence electrons. The van der Waals surface area contributed by atoms with E-state index in [1.807, 2.05) is 13.8 Å². The van der Waals surface area contributed by atoms with E-state index in [4.69, 9.17) is 0 Å². The smallest absolute Gasteiger partial charge is 0.263 e. The van der Waals surface area contributed by atoms with E-state index in [0.717, 1.165) is 30.5 Å².